The van der Waals surface area contributed by atoms with Gasteiger partial charge in [-0.15, -0.1) is 0 Å². The summed E-state index contributed by atoms with van der Waals surface area (Å²) in [5.74, 6) is 1.97. The Kier molecular flexibility index (Phi) is 4.54. The smallest absolute Gasteiger partial charge is 0.231 e. The predicted octanol–water partition coefficient (Wildman–Crippen LogP) is 2.50. The van der Waals surface area contributed by atoms with Crippen LogP contribution in [0.1, 0.15) is 24.8 Å². The minimum absolute atomic E-state index is 0.122. The molecule has 5 nitrogen and oxygen atoms in total. The van der Waals surface area contributed by atoms with Crippen LogP contribution in [0.4, 0.5) is 0 Å². The third-order valence-electron chi connectivity index (χ3n) is 5.01. The van der Waals surface area contributed by atoms with E-state index in [1.807, 2.05) is 24.3 Å². The number of hydrogen-bond acceptors (Lipinski definition) is 5. The first-order valence-electron chi connectivity index (χ1n) is 8.74. The molecule has 0 radical (unpaired) electrons. The van der Waals surface area contributed by atoms with Crippen molar-refractivity contribution in [3.05, 3.63) is 29.3 Å². The Balaban J connectivity index is 1.47. The number of ether oxygens (including phenoxy) is 3. The van der Waals surface area contributed by atoms with E-state index in [0.29, 0.717) is 5.78 Å². The molecule has 2 heterocycles. The van der Waals surface area contributed by atoms with Crippen LogP contribution in [-0.4, -0.2) is 50.3 Å². The fraction of sp³-hybridized carbons (Fsp3) is 0.526. The lowest BCUT2D eigenvalue weighted by molar-refractivity contribution is -0.121. The van der Waals surface area contributed by atoms with Crippen LogP contribution < -0.4 is 9.47 Å². The Hall–Kier alpha value is -1.85. The third kappa shape index (κ3) is 3.32. The maximum absolute atomic E-state index is 12.9. The van der Waals surface area contributed by atoms with Gasteiger partial charge in [-0.05, 0) is 48.6 Å². The van der Waals surface area contributed by atoms with Gasteiger partial charge in [0.25, 0.3) is 0 Å². The monoisotopic (exact) mass is 329 g/mol. The Bertz CT molecular complexity index is 649. The molecule has 0 bridgehead atoms. The second kappa shape index (κ2) is 6.95. The van der Waals surface area contributed by atoms with Gasteiger partial charge in [-0.1, -0.05) is 6.07 Å². The number of nitrogens with zero attached hydrogens (tertiary/aromatic N) is 1. The van der Waals surface area contributed by atoms with Crippen LogP contribution in [0.25, 0.3) is 6.08 Å². The molecule has 2 aliphatic heterocycles. The van der Waals surface area contributed by atoms with E-state index < -0.39 is 0 Å². The largest absolute Gasteiger partial charge is 0.454 e. The summed E-state index contributed by atoms with van der Waals surface area (Å²) in [4.78, 5) is 15.2. The first kappa shape index (κ1) is 15.7. The van der Waals surface area contributed by atoms with E-state index in [9.17, 15) is 4.79 Å². The lowest BCUT2D eigenvalue weighted by Crippen LogP contribution is -2.42. The Morgan fingerprint density at radius 2 is 2.00 bits per heavy atom. The molecule has 1 aromatic rings. The van der Waals surface area contributed by atoms with E-state index >= 15 is 0 Å². The van der Waals surface area contributed by atoms with E-state index in [0.717, 1.165) is 74.7 Å². The second-order valence-corrected chi connectivity index (χ2v) is 6.65. The topological polar surface area (TPSA) is 48.0 Å². The van der Waals surface area contributed by atoms with Crippen molar-refractivity contribution in [2.75, 3.05) is 39.6 Å². The van der Waals surface area contributed by atoms with Crippen LogP contribution in [-0.2, 0) is 9.53 Å². The van der Waals surface area contributed by atoms with Crippen molar-refractivity contribution >= 4 is 11.9 Å². The van der Waals surface area contributed by atoms with Crippen molar-refractivity contribution in [1.29, 1.82) is 0 Å². The minimum atomic E-state index is 0.122. The molecule has 24 heavy (non-hydrogen) atoms. The van der Waals surface area contributed by atoms with Gasteiger partial charge < -0.3 is 14.2 Å². The summed E-state index contributed by atoms with van der Waals surface area (Å²) in [6, 6.07) is 5.85. The lowest BCUT2D eigenvalue weighted by Gasteiger charge is -2.32. The number of Topliss-reactive ketones (excluding diaryl/α,β-unsaturated/α-hetero) is 1. The number of benzene rings is 1. The fourth-order valence-corrected chi connectivity index (χ4v) is 3.67. The average molecular weight is 329 g/mol. The number of carbonyl (C=O) groups is 1. The van der Waals surface area contributed by atoms with Crippen molar-refractivity contribution < 1.29 is 19.0 Å². The summed E-state index contributed by atoms with van der Waals surface area (Å²) < 4.78 is 16.2. The number of allylic oxidation sites excluding steroid dienone is 1. The quantitative estimate of drug-likeness (QED) is 0.798. The Labute approximate surface area is 142 Å². The van der Waals surface area contributed by atoms with Crippen molar-refractivity contribution in [2.45, 2.75) is 19.3 Å². The van der Waals surface area contributed by atoms with Gasteiger partial charge in [0, 0.05) is 25.6 Å². The Morgan fingerprint density at radius 3 is 2.88 bits per heavy atom. The molecule has 2 fully saturated rings. The van der Waals surface area contributed by atoms with Crippen LogP contribution >= 0.6 is 0 Å². The summed E-state index contributed by atoms with van der Waals surface area (Å²) in [6.07, 6.45) is 4.97. The number of hydrogen-bond donors (Lipinski definition) is 0. The molecule has 128 valence electrons. The number of ketones is 1. The van der Waals surface area contributed by atoms with Crippen LogP contribution in [0.3, 0.4) is 0 Å². The molecule has 1 saturated carbocycles. The van der Waals surface area contributed by atoms with Crippen molar-refractivity contribution in [1.82, 2.24) is 4.90 Å². The molecule has 0 aromatic heterocycles. The standard InChI is InChI=1S/C19H23NO4/c21-19-15(10-14-4-5-17-18(11-14)24-13-23-17)2-1-3-16(19)12-20-6-8-22-9-7-20/h4-5,10-11,16H,1-3,6-9,12-13H2/b15-10-. The molecule has 1 atom stereocenters. The zero-order valence-corrected chi connectivity index (χ0v) is 13.8. The van der Waals surface area contributed by atoms with Crippen LogP contribution in [0.15, 0.2) is 23.8 Å². The van der Waals surface area contributed by atoms with Gasteiger partial charge in [-0.3, -0.25) is 9.69 Å². The SMILES string of the molecule is O=C1/C(=C\c2ccc3c(c2)OCO3)CCCC1CN1CCOCC1. The van der Waals surface area contributed by atoms with E-state index in [1.165, 1.54) is 0 Å². The highest BCUT2D eigenvalue weighted by molar-refractivity contribution is 6.01. The van der Waals surface area contributed by atoms with Gasteiger partial charge in [0.2, 0.25) is 6.79 Å². The van der Waals surface area contributed by atoms with Gasteiger partial charge in [0.05, 0.1) is 13.2 Å². The number of carbonyl (C=O) groups excluding carboxylic acids is 1. The first-order chi connectivity index (χ1) is 11.8. The Morgan fingerprint density at radius 1 is 1.17 bits per heavy atom. The van der Waals surface area contributed by atoms with E-state index in [-0.39, 0.29) is 12.7 Å². The predicted molar refractivity (Wildman–Crippen MR) is 90.1 cm³/mol. The van der Waals surface area contributed by atoms with Gasteiger partial charge in [-0.2, -0.15) is 0 Å². The average Bonchev–Trinajstić information content (AvgIpc) is 3.07. The van der Waals surface area contributed by atoms with Gasteiger partial charge in [-0.25, -0.2) is 0 Å². The molecule has 1 aliphatic carbocycles. The van der Waals surface area contributed by atoms with E-state index in [2.05, 4.69) is 4.90 Å². The second-order valence-electron chi connectivity index (χ2n) is 6.65. The minimum Gasteiger partial charge on any atom is -0.454 e. The third-order valence-corrected chi connectivity index (χ3v) is 5.01. The van der Waals surface area contributed by atoms with Crippen LogP contribution in [0.2, 0.25) is 0 Å². The molecule has 1 saturated heterocycles. The van der Waals surface area contributed by atoms with Crippen LogP contribution in [0.5, 0.6) is 11.5 Å². The van der Waals surface area contributed by atoms with Gasteiger partial charge in [0.15, 0.2) is 17.3 Å². The lowest BCUT2D eigenvalue weighted by atomic mass is 9.83. The molecule has 0 amide bonds. The summed E-state index contributed by atoms with van der Waals surface area (Å²) in [5.41, 5.74) is 1.95. The number of fused-ring (bicyclic) bond motifs is 1. The molecule has 0 spiro atoms. The van der Waals surface area contributed by atoms with Gasteiger partial charge in [0.1, 0.15) is 0 Å². The zero-order valence-electron chi connectivity index (χ0n) is 13.8. The van der Waals surface area contributed by atoms with Crippen molar-refractivity contribution in [3.63, 3.8) is 0 Å². The maximum atomic E-state index is 12.9. The summed E-state index contributed by atoms with van der Waals surface area (Å²) in [6.45, 7) is 4.56. The zero-order chi connectivity index (χ0) is 16.4. The number of morpholine rings is 1. The maximum Gasteiger partial charge on any atom is 0.231 e. The van der Waals surface area contributed by atoms with E-state index in [4.69, 9.17) is 14.2 Å². The highest BCUT2D eigenvalue weighted by atomic mass is 16.7. The molecule has 1 unspecified atom stereocenters. The molecule has 1 aromatic carbocycles. The van der Waals surface area contributed by atoms with Crippen LogP contribution in [0, 0.1) is 5.92 Å². The first-order valence-corrected chi connectivity index (χ1v) is 8.74. The molecule has 3 aliphatic rings. The molecular formula is C19H23NO4. The highest BCUT2D eigenvalue weighted by Crippen LogP contribution is 2.34. The van der Waals surface area contributed by atoms with Gasteiger partial charge >= 0.3 is 0 Å². The normalized spacial score (nSPS) is 26.1. The summed E-state index contributed by atoms with van der Waals surface area (Å²) in [5, 5.41) is 0. The molecule has 4 rings (SSSR count). The molecule has 0 N–H and O–H groups in total. The molecule has 5 heteroatoms. The summed E-state index contributed by atoms with van der Waals surface area (Å²) in [7, 11) is 0. The number of rotatable bonds is 3. The van der Waals surface area contributed by atoms with E-state index in [1.54, 1.807) is 0 Å². The highest BCUT2D eigenvalue weighted by Gasteiger charge is 2.28. The fourth-order valence-electron chi connectivity index (χ4n) is 3.67. The van der Waals surface area contributed by atoms with Crippen molar-refractivity contribution in [3.8, 4) is 11.5 Å². The van der Waals surface area contributed by atoms with Crippen molar-refractivity contribution in [2.24, 2.45) is 5.92 Å². The molecular weight excluding hydrogens is 306 g/mol. The summed E-state index contributed by atoms with van der Waals surface area (Å²) >= 11 is 0.